The van der Waals surface area contributed by atoms with Gasteiger partial charge in [0.05, 0.1) is 6.61 Å². The first kappa shape index (κ1) is 12.6. The topological polar surface area (TPSA) is 35.2 Å². The summed E-state index contributed by atoms with van der Waals surface area (Å²) in [6, 6.07) is 7.64. The molecule has 1 saturated carbocycles. The zero-order chi connectivity index (χ0) is 13.5. The van der Waals surface area contributed by atoms with Crippen LogP contribution in [0.2, 0.25) is 0 Å². The van der Waals surface area contributed by atoms with E-state index in [0.717, 1.165) is 36.3 Å². The summed E-state index contributed by atoms with van der Waals surface area (Å²) >= 11 is 0. The highest BCUT2D eigenvalue weighted by molar-refractivity contribution is 5.41. The molecular weight excluding hydrogens is 234 g/mol. The second-order valence-electron chi connectivity index (χ2n) is 6.49. The third kappa shape index (κ3) is 2.24. The maximum absolute atomic E-state index is 5.80. The van der Waals surface area contributed by atoms with E-state index >= 15 is 0 Å². The van der Waals surface area contributed by atoms with Crippen LogP contribution in [0.15, 0.2) is 35.9 Å². The van der Waals surface area contributed by atoms with Crippen molar-refractivity contribution in [3.05, 3.63) is 35.9 Å². The Kier molecular flexibility index (Phi) is 3.04. The van der Waals surface area contributed by atoms with E-state index in [1.807, 2.05) is 24.3 Å². The van der Waals surface area contributed by atoms with Gasteiger partial charge in [-0.1, -0.05) is 25.5 Å². The van der Waals surface area contributed by atoms with Gasteiger partial charge in [0, 0.05) is 12.1 Å². The Morgan fingerprint density at radius 1 is 1.26 bits per heavy atom. The van der Waals surface area contributed by atoms with E-state index in [-0.39, 0.29) is 0 Å². The van der Waals surface area contributed by atoms with Crippen molar-refractivity contribution in [1.82, 2.24) is 0 Å². The smallest absolute Gasteiger partial charge is 0.119 e. The van der Waals surface area contributed by atoms with Crippen molar-refractivity contribution in [2.24, 2.45) is 17.3 Å². The van der Waals surface area contributed by atoms with Gasteiger partial charge >= 0.3 is 0 Å². The van der Waals surface area contributed by atoms with Crippen molar-refractivity contribution in [3.63, 3.8) is 0 Å². The normalized spacial score (nSPS) is 27.4. The monoisotopic (exact) mass is 257 g/mol. The number of anilines is 1. The second kappa shape index (κ2) is 4.59. The Morgan fingerprint density at radius 2 is 2.00 bits per heavy atom. The molecule has 4 rings (SSSR count). The molecule has 3 aliphatic rings. The summed E-state index contributed by atoms with van der Waals surface area (Å²) in [5.74, 6) is 2.62. The number of ether oxygens (including phenoxy) is 1. The minimum Gasteiger partial charge on any atom is -0.493 e. The van der Waals surface area contributed by atoms with Gasteiger partial charge in [0.2, 0.25) is 0 Å². The summed E-state index contributed by atoms with van der Waals surface area (Å²) in [5, 5.41) is 0. The van der Waals surface area contributed by atoms with Gasteiger partial charge in [-0.25, -0.2) is 0 Å². The number of hydrogen-bond acceptors (Lipinski definition) is 2. The minimum atomic E-state index is 0.519. The van der Waals surface area contributed by atoms with Gasteiger partial charge < -0.3 is 10.5 Å². The Bertz CT molecular complexity index is 486. The summed E-state index contributed by atoms with van der Waals surface area (Å²) in [7, 11) is 0. The molecule has 0 aliphatic heterocycles. The number of fused-ring (bicyclic) bond motifs is 1. The van der Waals surface area contributed by atoms with Crippen LogP contribution < -0.4 is 10.5 Å². The molecule has 2 bridgehead atoms. The maximum Gasteiger partial charge on any atom is 0.119 e. The predicted molar refractivity (Wildman–Crippen MR) is 79.0 cm³/mol. The highest BCUT2D eigenvalue weighted by atomic mass is 16.5. The first-order chi connectivity index (χ1) is 9.07. The summed E-state index contributed by atoms with van der Waals surface area (Å²) in [4.78, 5) is 0. The second-order valence-corrected chi connectivity index (χ2v) is 6.49. The van der Waals surface area contributed by atoms with Crippen LogP contribution in [0.3, 0.4) is 0 Å². The Labute approximate surface area is 115 Å². The average Bonchev–Trinajstić information content (AvgIpc) is 2.41. The molecule has 0 amide bonds. The van der Waals surface area contributed by atoms with Crippen LogP contribution in [0, 0.1) is 17.3 Å². The molecule has 0 radical (unpaired) electrons. The van der Waals surface area contributed by atoms with Crippen molar-refractivity contribution in [2.45, 2.75) is 33.1 Å². The third-order valence-corrected chi connectivity index (χ3v) is 5.12. The van der Waals surface area contributed by atoms with Gasteiger partial charge in [-0.3, -0.25) is 0 Å². The highest BCUT2D eigenvalue weighted by Gasteiger charge is 2.50. The fourth-order valence-corrected chi connectivity index (χ4v) is 3.61. The van der Waals surface area contributed by atoms with Gasteiger partial charge in [0.15, 0.2) is 0 Å². The lowest BCUT2D eigenvalue weighted by molar-refractivity contribution is -0.00917. The van der Waals surface area contributed by atoms with E-state index in [1.165, 1.54) is 12.8 Å². The van der Waals surface area contributed by atoms with Gasteiger partial charge in [-0.15, -0.1) is 0 Å². The van der Waals surface area contributed by atoms with Crippen LogP contribution in [0.25, 0.3) is 0 Å². The third-order valence-electron chi connectivity index (χ3n) is 5.12. The van der Waals surface area contributed by atoms with Crippen molar-refractivity contribution >= 4 is 5.69 Å². The fourth-order valence-electron chi connectivity index (χ4n) is 3.61. The number of benzene rings is 1. The molecule has 0 aromatic heterocycles. The molecule has 1 aromatic rings. The number of rotatable bonds is 4. The fraction of sp³-hybridized carbons (Fsp3) is 0.529. The summed E-state index contributed by atoms with van der Waals surface area (Å²) in [5.41, 5.74) is 8.58. The van der Waals surface area contributed by atoms with Crippen LogP contribution >= 0.6 is 0 Å². The number of allylic oxidation sites excluding steroid dienone is 1. The lowest BCUT2D eigenvalue weighted by atomic mass is 9.48. The molecule has 0 saturated heterocycles. The van der Waals surface area contributed by atoms with E-state index in [9.17, 15) is 0 Å². The zero-order valence-corrected chi connectivity index (χ0v) is 11.9. The lowest BCUT2D eigenvalue weighted by Crippen LogP contribution is -2.48. The van der Waals surface area contributed by atoms with Crippen LogP contribution in [0.5, 0.6) is 5.75 Å². The highest BCUT2D eigenvalue weighted by Crippen LogP contribution is 2.59. The first-order valence-corrected chi connectivity index (χ1v) is 7.24. The number of nitrogen functional groups attached to an aromatic ring is 1. The van der Waals surface area contributed by atoms with Crippen LogP contribution in [-0.2, 0) is 0 Å². The van der Waals surface area contributed by atoms with E-state index < -0.39 is 0 Å². The minimum absolute atomic E-state index is 0.519. The zero-order valence-electron chi connectivity index (χ0n) is 11.9. The molecule has 2 nitrogen and oxygen atoms in total. The molecule has 0 spiro atoms. The van der Waals surface area contributed by atoms with Crippen LogP contribution in [0.1, 0.15) is 33.1 Å². The molecule has 2 heteroatoms. The summed E-state index contributed by atoms with van der Waals surface area (Å²) in [6.45, 7) is 5.60. The quantitative estimate of drug-likeness (QED) is 0.653. The maximum atomic E-state index is 5.80. The molecule has 19 heavy (non-hydrogen) atoms. The van der Waals surface area contributed by atoms with Crippen LogP contribution in [-0.4, -0.2) is 6.61 Å². The predicted octanol–water partition coefficient (Wildman–Crippen LogP) is 4.03. The van der Waals surface area contributed by atoms with E-state index in [1.54, 1.807) is 5.57 Å². The van der Waals surface area contributed by atoms with E-state index in [2.05, 4.69) is 19.9 Å². The Balaban J connectivity index is 1.53. The van der Waals surface area contributed by atoms with Crippen molar-refractivity contribution in [3.8, 4) is 5.75 Å². The van der Waals surface area contributed by atoms with E-state index in [0.29, 0.717) is 5.41 Å². The standard InChI is InChI=1S/C17H23NO/c1-17(2)13-4-3-12(16(17)11-13)9-10-19-15-7-5-14(18)6-8-15/h3,5-8,13,16H,4,9-11,18H2,1-2H3. The van der Waals surface area contributed by atoms with Crippen molar-refractivity contribution in [2.75, 3.05) is 12.3 Å². The Hall–Kier alpha value is -1.44. The molecule has 2 atom stereocenters. The summed E-state index contributed by atoms with van der Waals surface area (Å²) < 4.78 is 5.80. The molecule has 2 unspecified atom stereocenters. The molecule has 1 fully saturated rings. The lowest BCUT2D eigenvalue weighted by Gasteiger charge is -2.56. The van der Waals surface area contributed by atoms with Crippen molar-refractivity contribution in [1.29, 1.82) is 0 Å². The molecular formula is C17H23NO. The van der Waals surface area contributed by atoms with Crippen LogP contribution in [0.4, 0.5) is 5.69 Å². The molecule has 3 aliphatic carbocycles. The average molecular weight is 257 g/mol. The SMILES string of the molecule is CC1(C)C2CC=C(CCOc3ccc(N)cc3)C1C2. The Morgan fingerprint density at radius 3 is 2.63 bits per heavy atom. The summed E-state index contributed by atoms with van der Waals surface area (Å²) in [6.07, 6.45) is 6.17. The number of nitrogens with two attached hydrogens (primary N) is 1. The largest absolute Gasteiger partial charge is 0.493 e. The molecule has 1 aromatic carbocycles. The number of hydrogen-bond donors (Lipinski definition) is 1. The van der Waals surface area contributed by atoms with Gasteiger partial charge in [-0.2, -0.15) is 0 Å². The van der Waals surface area contributed by atoms with E-state index in [4.69, 9.17) is 10.5 Å². The molecule has 0 heterocycles. The molecule has 2 N–H and O–H groups in total. The molecule has 102 valence electrons. The van der Waals surface area contributed by atoms with Crippen molar-refractivity contribution < 1.29 is 4.74 Å². The van der Waals surface area contributed by atoms with Gasteiger partial charge in [0.25, 0.3) is 0 Å². The van der Waals surface area contributed by atoms with Gasteiger partial charge in [-0.05, 0) is 54.4 Å². The first-order valence-electron chi connectivity index (χ1n) is 7.24. The van der Waals surface area contributed by atoms with Gasteiger partial charge in [0.1, 0.15) is 5.75 Å².